The number of benzene rings is 1. The number of urea groups is 1. The first-order valence-electron chi connectivity index (χ1n) is 6.06. The zero-order valence-corrected chi connectivity index (χ0v) is 10.6. The van der Waals surface area contributed by atoms with Crippen LogP contribution in [0.25, 0.3) is 0 Å². The SMILES string of the molecule is CC1COCCN1C(=O)Nc1cccc(C(=O)O)c1. The van der Waals surface area contributed by atoms with Crippen LogP contribution in [-0.2, 0) is 4.74 Å². The van der Waals surface area contributed by atoms with Gasteiger partial charge >= 0.3 is 12.0 Å². The minimum absolute atomic E-state index is 0.0106. The van der Waals surface area contributed by atoms with Gasteiger partial charge in [-0.15, -0.1) is 0 Å². The fourth-order valence-corrected chi connectivity index (χ4v) is 1.95. The molecule has 0 bridgehead atoms. The fraction of sp³-hybridized carbons (Fsp3) is 0.385. The number of aromatic carboxylic acids is 1. The smallest absolute Gasteiger partial charge is 0.335 e. The zero-order valence-electron chi connectivity index (χ0n) is 10.6. The first-order chi connectivity index (χ1) is 9.08. The van der Waals surface area contributed by atoms with Gasteiger partial charge in [0.05, 0.1) is 24.8 Å². The normalized spacial score (nSPS) is 19.0. The molecule has 6 nitrogen and oxygen atoms in total. The van der Waals surface area contributed by atoms with E-state index in [2.05, 4.69) is 5.32 Å². The summed E-state index contributed by atoms with van der Waals surface area (Å²) in [5.41, 5.74) is 0.622. The van der Waals surface area contributed by atoms with Gasteiger partial charge in [-0.2, -0.15) is 0 Å². The molecule has 1 saturated heterocycles. The van der Waals surface area contributed by atoms with Gasteiger partial charge in [0.1, 0.15) is 0 Å². The molecule has 19 heavy (non-hydrogen) atoms. The number of morpholine rings is 1. The van der Waals surface area contributed by atoms with Crippen molar-refractivity contribution in [2.75, 3.05) is 25.1 Å². The highest BCUT2D eigenvalue weighted by Gasteiger charge is 2.23. The number of amides is 2. The van der Waals surface area contributed by atoms with E-state index in [-0.39, 0.29) is 17.6 Å². The van der Waals surface area contributed by atoms with Crippen LogP contribution in [-0.4, -0.2) is 47.8 Å². The number of ether oxygens (including phenoxy) is 1. The number of nitrogens with zero attached hydrogens (tertiary/aromatic N) is 1. The molecule has 1 unspecified atom stereocenters. The molecule has 1 aliphatic rings. The lowest BCUT2D eigenvalue weighted by molar-refractivity contribution is 0.0221. The fourth-order valence-electron chi connectivity index (χ4n) is 1.95. The summed E-state index contributed by atoms with van der Waals surface area (Å²) < 4.78 is 5.26. The number of nitrogens with one attached hydrogen (secondary N) is 1. The summed E-state index contributed by atoms with van der Waals surface area (Å²) >= 11 is 0. The summed E-state index contributed by atoms with van der Waals surface area (Å²) in [5.74, 6) is -1.02. The zero-order chi connectivity index (χ0) is 13.8. The third kappa shape index (κ3) is 3.23. The Morgan fingerprint density at radius 1 is 1.47 bits per heavy atom. The van der Waals surface area contributed by atoms with E-state index in [1.807, 2.05) is 6.92 Å². The minimum atomic E-state index is -1.02. The maximum absolute atomic E-state index is 12.1. The third-order valence-electron chi connectivity index (χ3n) is 2.99. The largest absolute Gasteiger partial charge is 0.478 e. The molecule has 1 aromatic carbocycles. The van der Waals surface area contributed by atoms with Crippen LogP contribution in [0.1, 0.15) is 17.3 Å². The quantitative estimate of drug-likeness (QED) is 0.851. The number of hydrogen-bond donors (Lipinski definition) is 2. The van der Waals surface area contributed by atoms with Gasteiger partial charge in [-0.05, 0) is 25.1 Å². The van der Waals surface area contributed by atoms with Crippen molar-refractivity contribution in [2.24, 2.45) is 0 Å². The topological polar surface area (TPSA) is 78.9 Å². The molecule has 0 radical (unpaired) electrons. The summed E-state index contributed by atoms with van der Waals surface area (Å²) in [6, 6.07) is 5.95. The molecular weight excluding hydrogens is 248 g/mol. The second-order valence-corrected chi connectivity index (χ2v) is 4.43. The lowest BCUT2D eigenvalue weighted by atomic mass is 10.2. The first kappa shape index (κ1) is 13.4. The Balaban J connectivity index is 2.06. The molecule has 0 aromatic heterocycles. The van der Waals surface area contributed by atoms with Crippen LogP contribution in [0.3, 0.4) is 0 Å². The van der Waals surface area contributed by atoms with Crippen molar-refractivity contribution in [3.63, 3.8) is 0 Å². The van der Waals surface area contributed by atoms with Crippen molar-refractivity contribution in [3.05, 3.63) is 29.8 Å². The van der Waals surface area contributed by atoms with E-state index in [4.69, 9.17) is 9.84 Å². The number of carbonyl (C=O) groups excluding carboxylic acids is 1. The molecule has 1 aromatic rings. The highest BCUT2D eigenvalue weighted by Crippen LogP contribution is 2.13. The van der Waals surface area contributed by atoms with E-state index < -0.39 is 5.97 Å². The molecule has 2 N–H and O–H groups in total. The molecule has 2 amide bonds. The Bertz CT molecular complexity index is 489. The summed E-state index contributed by atoms with van der Waals surface area (Å²) in [5, 5.41) is 11.6. The van der Waals surface area contributed by atoms with Crippen molar-refractivity contribution in [2.45, 2.75) is 13.0 Å². The predicted molar refractivity (Wildman–Crippen MR) is 69.4 cm³/mol. The average molecular weight is 264 g/mol. The van der Waals surface area contributed by atoms with Gasteiger partial charge < -0.3 is 20.1 Å². The van der Waals surface area contributed by atoms with E-state index >= 15 is 0 Å². The van der Waals surface area contributed by atoms with E-state index in [0.29, 0.717) is 25.4 Å². The number of carboxylic acid groups (broad SMARTS) is 1. The van der Waals surface area contributed by atoms with Crippen LogP contribution in [0.2, 0.25) is 0 Å². The molecular formula is C13H16N2O4. The van der Waals surface area contributed by atoms with E-state index in [1.54, 1.807) is 17.0 Å². The van der Waals surface area contributed by atoms with Crippen molar-refractivity contribution >= 4 is 17.7 Å². The van der Waals surface area contributed by atoms with Crippen LogP contribution in [0.5, 0.6) is 0 Å². The third-order valence-corrected chi connectivity index (χ3v) is 2.99. The van der Waals surface area contributed by atoms with Crippen molar-refractivity contribution in [3.8, 4) is 0 Å². The molecule has 0 saturated carbocycles. The summed E-state index contributed by atoms with van der Waals surface area (Å²) in [7, 11) is 0. The molecule has 102 valence electrons. The van der Waals surface area contributed by atoms with E-state index in [0.717, 1.165) is 0 Å². The maximum atomic E-state index is 12.1. The Morgan fingerprint density at radius 3 is 2.95 bits per heavy atom. The highest BCUT2D eigenvalue weighted by atomic mass is 16.5. The second kappa shape index (κ2) is 5.71. The van der Waals surface area contributed by atoms with Gasteiger partial charge in [-0.25, -0.2) is 9.59 Å². The number of carboxylic acids is 1. The first-order valence-corrected chi connectivity index (χ1v) is 6.06. The van der Waals surface area contributed by atoms with E-state index in [1.165, 1.54) is 12.1 Å². The molecule has 2 rings (SSSR count). The monoisotopic (exact) mass is 264 g/mol. The van der Waals surface area contributed by atoms with Gasteiger partial charge in [0.25, 0.3) is 0 Å². The molecule has 1 fully saturated rings. The van der Waals surface area contributed by atoms with Gasteiger partial charge in [0.15, 0.2) is 0 Å². The molecule has 6 heteroatoms. The van der Waals surface area contributed by atoms with Gasteiger partial charge in [-0.3, -0.25) is 0 Å². The number of anilines is 1. The van der Waals surface area contributed by atoms with Crippen LogP contribution in [0.15, 0.2) is 24.3 Å². The van der Waals surface area contributed by atoms with Crippen LogP contribution in [0, 0.1) is 0 Å². The van der Waals surface area contributed by atoms with Crippen molar-refractivity contribution in [1.29, 1.82) is 0 Å². The Labute approximate surface area is 111 Å². The molecule has 1 atom stereocenters. The maximum Gasteiger partial charge on any atom is 0.335 e. The highest BCUT2D eigenvalue weighted by molar-refractivity contribution is 5.93. The molecule has 0 aliphatic carbocycles. The summed E-state index contributed by atoms with van der Waals surface area (Å²) in [4.78, 5) is 24.6. The predicted octanol–water partition coefficient (Wildman–Crippen LogP) is 1.64. The Morgan fingerprint density at radius 2 is 2.26 bits per heavy atom. The van der Waals surface area contributed by atoms with Crippen molar-refractivity contribution < 1.29 is 19.4 Å². The van der Waals surface area contributed by atoms with Crippen LogP contribution in [0.4, 0.5) is 10.5 Å². The molecule has 0 spiro atoms. The molecule has 1 heterocycles. The Hall–Kier alpha value is -2.08. The minimum Gasteiger partial charge on any atom is -0.478 e. The van der Waals surface area contributed by atoms with Crippen LogP contribution >= 0.6 is 0 Å². The average Bonchev–Trinajstić information content (AvgIpc) is 2.39. The Kier molecular flexibility index (Phi) is 4.01. The van der Waals surface area contributed by atoms with Gasteiger partial charge in [-0.1, -0.05) is 6.07 Å². The van der Waals surface area contributed by atoms with Gasteiger partial charge in [0, 0.05) is 12.2 Å². The summed E-state index contributed by atoms with van der Waals surface area (Å²) in [6.07, 6.45) is 0. The number of rotatable bonds is 2. The second-order valence-electron chi connectivity index (χ2n) is 4.43. The molecule has 1 aliphatic heterocycles. The lowest BCUT2D eigenvalue weighted by Crippen LogP contribution is -2.48. The standard InChI is InChI=1S/C13H16N2O4/c1-9-8-19-6-5-15(9)13(18)14-11-4-2-3-10(7-11)12(16)17/h2-4,7,9H,5-6,8H2,1H3,(H,14,18)(H,16,17). The lowest BCUT2D eigenvalue weighted by Gasteiger charge is -2.33. The summed E-state index contributed by atoms with van der Waals surface area (Å²) in [6.45, 7) is 3.48. The van der Waals surface area contributed by atoms with Crippen LogP contribution < -0.4 is 5.32 Å². The van der Waals surface area contributed by atoms with E-state index in [9.17, 15) is 9.59 Å². The van der Waals surface area contributed by atoms with Gasteiger partial charge in [0.2, 0.25) is 0 Å². The number of carbonyl (C=O) groups is 2. The number of hydrogen-bond acceptors (Lipinski definition) is 3. The van der Waals surface area contributed by atoms with Crippen molar-refractivity contribution in [1.82, 2.24) is 4.90 Å².